The van der Waals surface area contributed by atoms with Gasteiger partial charge in [0.2, 0.25) is 0 Å². The first-order valence-corrected chi connectivity index (χ1v) is 12.1. The number of aryl methyl sites for hydroxylation is 1. The lowest BCUT2D eigenvalue weighted by Gasteiger charge is -2.12. The zero-order valence-electron chi connectivity index (χ0n) is 19.1. The van der Waals surface area contributed by atoms with Crippen molar-refractivity contribution in [2.24, 2.45) is 0 Å². The number of carbonyl (C=O) groups is 2. The highest BCUT2D eigenvalue weighted by molar-refractivity contribution is 7.91. The van der Waals surface area contributed by atoms with Crippen LogP contribution >= 0.6 is 0 Å². The Balaban J connectivity index is 1.91. The van der Waals surface area contributed by atoms with E-state index in [-0.39, 0.29) is 17.4 Å². The number of rotatable bonds is 12. The fourth-order valence-electron chi connectivity index (χ4n) is 2.88. The van der Waals surface area contributed by atoms with Crippen LogP contribution < -0.4 is 15.4 Å². The minimum atomic E-state index is -3.68. The summed E-state index contributed by atoms with van der Waals surface area (Å²) in [5.41, 5.74) is 2.24. The highest BCUT2D eigenvalue weighted by Crippen LogP contribution is 2.20. The van der Waals surface area contributed by atoms with Gasteiger partial charge in [0, 0.05) is 13.7 Å². The lowest BCUT2D eigenvalue weighted by molar-refractivity contribution is 0.0946. The summed E-state index contributed by atoms with van der Waals surface area (Å²) in [5.74, 6) is -0.316. The van der Waals surface area contributed by atoms with Gasteiger partial charge in [0.1, 0.15) is 18.2 Å². The number of sulfone groups is 1. The molecule has 0 spiro atoms. The van der Waals surface area contributed by atoms with Crippen LogP contribution in [0.5, 0.6) is 5.75 Å². The summed E-state index contributed by atoms with van der Waals surface area (Å²) in [6.45, 7) is 4.80. The number of hydrogen-bond donors (Lipinski definition) is 2. The van der Waals surface area contributed by atoms with Crippen LogP contribution in [-0.4, -0.2) is 59.8 Å². The van der Waals surface area contributed by atoms with Gasteiger partial charge in [-0.05, 0) is 50.1 Å². The van der Waals surface area contributed by atoms with E-state index in [0.717, 1.165) is 11.1 Å². The normalized spacial score (nSPS) is 11.0. The number of ether oxygens (including phenoxy) is 3. The molecular weight excluding hydrogens is 448 g/mol. The molecule has 2 aromatic rings. The van der Waals surface area contributed by atoms with Crippen LogP contribution in [0, 0.1) is 6.92 Å². The van der Waals surface area contributed by atoms with E-state index in [1.165, 1.54) is 12.1 Å². The number of methoxy groups -OCH3 is 1. The van der Waals surface area contributed by atoms with Crippen LogP contribution in [0.25, 0.3) is 0 Å². The topological polar surface area (TPSA) is 120 Å². The van der Waals surface area contributed by atoms with Gasteiger partial charge in [-0.25, -0.2) is 13.2 Å². The third kappa shape index (κ3) is 8.39. The monoisotopic (exact) mass is 478 g/mol. The van der Waals surface area contributed by atoms with E-state index in [4.69, 9.17) is 9.47 Å². The Morgan fingerprint density at radius 3 is 2.39 bits per heavy atom. The number of hydrogen-bond acceptors (Lipinski definition) is 7. The smallest absolute Gasteiger partial charge is 0.407 e. The average Bonchev–Trinajstić information content (AvgIpc) is 2.79. The van der Waals surface area contributed by atoms with E-state index in [1.807, 2.05) is 13.0 Å². The highest BCUT2D eigenvalue weighted by Gasteiger charge is 2.16. The van der Waals surface area contributed by atoms with E-state index in [0.29, 0.717) is 37.5 Å². The van der Waals surface area contributed by atoms with Gasteiger partial charge in [0.15, 0.2) is 9.84 Å². The van der Waals surface area contributed by atoms with Crippen molar-refractivity contribution in [3.8, 4) is 5.75 Å². The number of alkyl carbamates (subject to hydrolysis) is 1. The molecule has 0 aromatic heterocycles. The van der Waals surface area contributed by atoms with Gasteiger partial charge < -0.3 is 24.8 Å². The molecule has 0 saturated carbocycles. The molecule has 0 atom stereocenters. The fourth-order valence-corrected chi connectivity index (χ4v) is 3.91. The average molecular weight is 479 g/mol. The van der Waals surface area contributed by atoms with Gasteiger partial charge >= 0.3 is 6.09 Å². The van der Waals surface area contributed by atoms with E-state index in [2.05, 4.69) is 15.4 Å². The fraction of sp³-hybridized carbons (Fsp3) is 0.391. The maximum atomic E-state index is 12.7. The SMILES string of the molecule is CCOC(=O)NCS(=O)(=O)c1ccc(CCNC(=O)c2cc(C)ccc2OCCOC)cc1. The summed E-state index contributed by atoms with van der Waals surface area (Å²) in [7, 11) is -2.11. The second-order valence-electron chi connectivity index (χ2n) is 7.15. The minimum absolute atomic E-state index is 0.0877. The first-order chi connectivity index (χ1) is 15.8. The van der Waals surface area contributed by atoms with Crippen molar-refractivity contribution in [2.75, 3.05) is 39.4 Å². The molecule has 180 valence electrons. The molecule has 2 rings (SSSR count). The van der Waals surface area contributed by atoms with E-state index in [1.54, 1.807) is 38.3 Å². The Morgan fingerprint density at radius 1 is 1.00 bits per heavy atom. The molecule has 0 aliphatic heterocycles. The summed E-state index contributed by atoms with van der Waals surface area (Å²) < 4.78 is 39.9. The van der Waals surface area contributed by atoms with Gasteiger partial charge in [0.25, 0.3) is 5.91 Å². The minimum Gasteiger partial charge on any atom is -0.490 e. The maximum absolute atomic E-state index is 12.7. The molecular formula is C23H30N2O7S. The van der Waals surface area contributed by atoms with Crippen LogP contribution in [-0.2, 0) is 25.7 Å². The molecule has 0 radical (unpaired) electrons. The molecule has 0 fully saturated rings. The molecule has 33 heavy (non-hydrogen) atoms. The Morgan fingerprint density at radius 2 is 1.73 bits per heavy atom. The molecule has 0 unspecified atom stereocenters. The largest absolute Gasteiger partial charge is 0.490 e. The van der Waals surface area contributed by atoms with Gasteiger partial charge in [-0.1, -0.05) is 23.8 Å². The molecule has 0 bridgehead atoms. The first kappa shape index (κ1) is 26.1. The van der Waals surface area contributed by atoms with Crippen LogP contribution in [0.1, 0.15) is 28.4 Å². The molecule has 2 aromatic carbocycles. The predicted octanol–water partition coefficient (Wildman–Crippen LogP) is 2.47. The molecule has 0 heterocycles. The summed E-state index contributed by atoms with van der Waals surface area (Å²) in [6.07, 6.45) is -0.270. The zero-order valence-corrected chi connectivity index (χ0v) is 19.9. The van der Waals surface area contributed by atoms with Crippen LogP contribution in [0.15, 0.2) is 47.4 Å². The van der Waals surface area contributed by atoms with Crippen molar-refractivity contribution >= 4 is 21.8 Å². The molecule has 0 saturated heterocycles. The Labute approximate surface area is 194 Å². The lowest BCUT2D eigenvalue weighted by atomic mass is 10.1. The van der Waals surface area contributed by atoms with Crippen LogP contribution in [0.4, 0.5) is 4.79 Å². The molecule has 2 amide bonds. The number of benzene rings is 2. The van der Waals surface area contributed by atoms with Crippen molar-refractivity contribution < 1.29 is 32.2 Å². The number of amides is 2. The number of carbonyl (C=O) groups excluding carboxylic acids is 2. The second kappa shape index (κ2) is 12.8. The predicted molar refractivity (Wildman–Crippen MR) is 123 cm³/mol. The van der Waals surface area contributed by atoms with Gasteiger partial charge in [-0.3, -0.25) is 4.79 Å². The Bertz CT molecular complexity index is 1040. The standard InChI is InChI=1S/C23H30N2O7S/c1-4-31-23(27)25-16-33(28,29)19-8-6-18(7-9-19)11-12-24-22(26)20-15-17(2)5-10-21(20)32-14-13-30-3/h5-10,15H,4,11-14,16H2,1-3H3,(H,24,26)(H,25,27). The van der Waals surface area contributed by atoms with Crippen molar-refractivity contribution in [3.63, 3.8) is 0 Å². The van der Waals surface area contributed by atoms with E-state index >= 15 is 0 Å². The molecule has 0 aliphatic carbocycles. The summed E-state index contributed by atoms with van der Waals surface area (Å²) in [4.78, 5) is 24.1. The van der Waals surface area contributed by atoms with Crippen molar-refractivity contribution in [1.29, 1.82) is 0 Å². The number of nitrogens with one attached hydrogen (secondary N) is 2. The molecule has 10 heteroatoms. The Hall–Kier alpha value is -3.11. The zero-order chi connectivity index (χ0) is 24.3. The summed E-state index contributed by atoms with van der Waals surface area (Å²) in [5, 5.41) is 5.08. The van der Waals surface area contributed by atoms with Crippen LogP contribution in [0.3, 0.4) is 0 Å². The van der Waals surface area contributed by atoms with Gasteiger partial charge in [0.05, 0.1) is 23.7 Å². The lowest BCUT2D eigenvalue weighted by Crippen LogP contribution is -2.30. The Kier molecular flexibility index (Phi) is 10.1. The van der Waals surface area contributed by atoms with Crippen LogP contribution in [0.2, 0.25) is 0 Å². The first-order valence-electron chi connectivity index (χ1n) is 10.5. The van der Waals surface area contributed by atoms with Crippen molar-refractivity contribution in [1.82, 2.24) is 10.6 Å². The third-order valence-electron chi connectivity index (χ3n) is 4.59. The molecule has 2 N–H and O–H groups in total. The highest BCUT2D eigenvalue weighted by atomic mass is 32.2. The van der Waals surface area contributed by atoms with E-state index < -0.39 is 21.8 Å². The third-order valence-corrected chi connectivity index (χ3v) is 6.10. The van der Waals surface area contributed by atoms with Crippen molar-refractivity contribution in [3.05, 3.63) is 59.2 Å². The second-order valence-corrected chi connectivity index (χ2v) is 9.14. The quantitative estimate of drug-likeness (QED) is 0.450. The van der Waals surface area contributed by atoms with E-state index in [9.17, 15) is 18.0 Å². The molecule has 9 nitrogen and oxygen atoms in total. The van der Waals surface area contributed by atoms with Crippen molar-refractivity contribution in [2.45, 2.75) is 25.2 Å². The molecule has 0 aliphatic rings. The maximum Gasteiger partial charge on any atom is 0.407 e. The summed E-state index contributed by atoms with van der Waals surface area (Å²) in [6, 6.07) is 11.7. The summed E-state index contributed by atoms with van der Waals surface area (Å²) >= 11 is 0. The van der Waals surface area contributed by atoms with Gasteiger partial charge in [-0.15, -0.1) is 0 Å². The van der Waals surface area contributed by atoms with Gasteiger partial charge in [-0.2, -0.15) is 0 Å².